The van der Waals surface area contributed by atoms with E-state index in [2.05, 4.69) is 48.5 Å². The molecule has 0 amide bonds. The zero-order chi connectivity index (χ0) is 9.80. The highest BCUT2D eigenvalue weighted by Crippen LogP contribution is 2.28. The van der Waals surface area contributed by atoms with Crippen LogP contribution in [0.5, 0.6) is 0 Å². The maximum Gasteiger partial charge on any atom is 0.0253 e. The number of hydrogen-bond donors (Lipinski definition) is 0. The van der Waals surface area contributed by atoms with Crippen LogP contribution >= 0.6 is 9.24 Å². The van der Waals surface area contributed by atoms with E-state index in [4.69, 9.17) is 0 Å². The Hall–Kier alpha value is -1.26. The smallest absolute Gasteiger partial charge is 0.0253 e. The first kappa shape index (κ1) is 9.30. The molecule has 0 aliphatic heterocycles. The first-order valence-electron chi connectivity index (χ1n) is 4.67. The molecule has 1 heteroatoms. The minimum atomic E-state index is 1.30. The average molecular weight is 200 g/mol. The van der Waals surface area contributed by atoms with Crippen LogP contribution in [0.4, 0.5) is 0 Å². The van der Waals surface area contributed by atoms with Gasteiger partial charge in [-0.15, -0.1) is 24.3 Å². The van der Waals surface area contributed by atoms with Gasteiger partial charge in [0.2, 0.25) is 0 Å². The van der Waals surface area contributed by atoms with Gasteiger partial charge in [-0.2, -0.15) is 0 Å². The fourth-order valence-corrected chi connectivity index (χ4v) is 1.92. The third-order valence-electron chi connectivity index (χ3n) is 2.24. The van der Waals surface area contributed by atoms with E-state index < -0.39 is 0 Å². The van der Waals surface area contributed by atoms with Crippen LogP contribution in [-0.2, 0) is 0 Å². The van der Waals surface area contributed by atoms with Gasteiger partial charge in [-0.1, -0.05) is 47.5 Å². The van der Waals surface area contributed by atoms with Gasteiger partial charge in [0.15, 0.2) is 0 Å². The molecule has 0 aromatic heterocycles. The van der Waals surface area contributed by atoms with Crippen LogP contribution < -0.4 is 0 Å². The lowest BCUT2D eigenvalue weighted by atomic mass is 10.0. The average Bonchev–Trinajstić information content (AvgIpc) is 2.30. The van der Waals surface area contributed by atoms with Crippen molar-refractivity contribution >= 4 is 9.24 Å². The molecule has 0 heterocycles. The highest BCUT2D eigenvalue weighted by molar-refractivity contribution is 7.22. The van der Waals surface area contributed by atoms with E-state index in [1.807, 2.05) is 21.4 Å². The number of hydrogen-bond acceptors (Lipinski definition) is 0. The minimum absolute atomic E-state index is 1.30. The van der Waals surface area contributed by atoms with Crippen molar-refractivity contribution in [2.75, 3.05) is 0 Å². The molecule has 0 bridgehead atoms. The predicted octanol–water partition coefficient (Wildman–Crippen LogP) is 3.22. The highest BCUT2D eigenvalue weighted by Gasteiger charge is 2.03. The largest absolute Gasteiger partial charge is 0.115 e. The molecule has 0 saturated heterocycles. The summed E-state index contributed by atoms with van der Waals surface area (Å²) in [4.78, 5) is 0. The molecule has 0 N–H and O–H groups in total. The van der Waals surface area contributed by atoms with Gasteiger partial charge in [-0.3, -0.25) is 0 Å². The third-order valence-corrected chi connectivity index (χ3v) is 3.06. The van der Waals surface area contributed by atoms with Crippen molar-refractivity contribution in [2.24, 2.45) is 0 Å². The molecule has 2 aromatic carbocycles. The molecule has 70 valence electrons. The van der Waals surface area contributed by atoms with Gasteiger partial charge < -0.3 is 0 Å². The van der Waals surface area contributed by atoms with E-state index in [9.17, 15) is 0 Å². The molecule has 2 rings (SSSR count). The van der Waals surface area contributed by atoms with Gasteiger partial charge in [0.25, 0.3) is 0 Å². The van der Waals surface area contributed by atoms with E-state index in [0.717, 1.165) is 0 Å². The second-order valence-corrected chi connectivity index (χ2v) is 3.92. The van der Waals surface area contributed by atoms with Crippen LogP contribution in [0.1, 0.15) is 11.1 Å². The SMILES string of the molecule is [PH3+][C-](c1ccccc1)c1ccccc1. The van der Waals surface area contributed by atoms with Crippen molar-refractivity contribution in [3.8, 4) is 0 Å². The summed E-state index contributed by atoms with van der Waals surface area (Å²) in [6, 6.07) is 21.0. The molecule has 1 unspecified atom stereocenters. The Morgan fingerprint density at radius 1 is 0.643 bits per heavy atom. The lowest BCUT2D eigenvalue weighted by Crippen LogP contribution is -1.91. The summed E-state index contributed by atoms with van der Waals surface area (Å²) in [5.74, 6) is 0. The number of rotatable bonds is 2. The zero-order valence-corrected chi connectivity index (χ0v) is 9.39. The predicted molar refractivity (Wildman–Crippen MR) is 65.4 cm³/mol. The van der Waals surface area contributed by atoms with Gasteiger partial charge >= 0.3 is 0 Å². The Balaban J connectivity index is 2.30. The van der Waals surface area contributed by atoms with Crippen LogP contribution in [0.3, 0.4) is 0 Å². The Morgan fingerprint density at radius 2 is 1.00 bits per heavy atom. The summed E-state index contributed by atoms with van der Waals surface area (Å²) in [5.41, 5.74) is 3.96. The summed E-state index contributed by atoms with van der Waals surface area (Å²) in [6.07, 6.45) is 0. The fourth-order valence-electron chi connectivity index (χ4n) is 1.45. The first-order chi connectivity index (χ1) is 6.88. The van der Waals surface area contributed by atoms with Crippen LogP contribution in [0.2, 0.25) is 0 Å². The van der Waals surface area contributed by atoms with E-state index >= 15 is 0 Å². The molecule has 14 heavy (non-hydrogen) atoms. The molecule has 0 fully saturated rings. The Kier molecular flexibility index (Phi) is 2.86. The van der Waals surface area contributed by atoms with Crippen molar-refractivity contribution in [3.63, 3.8) is 0 Å². The van der Waals surface area contributed by atoms with Crippen LogP contribution in [0.25, 0.3) is 0 Å². The Bertz CT molecular complexity index is 341. The molecular weight excluding hydrogens is 187 g/mol. The summed E-state index contributed by atoms with van der Waals surface area (Å²) in [7, 11) is 1.94. The molecule has 0 nitrogen and oxygen atoms in total. The second kappa shape index (κ2) is 4.30. The van der Waals surface area contributed by atoms with E-state index in [1.165, 1.54) is 16.8 Å². The maximum atomic E-state index is 2.15. The molecular formula is C13H13P. The Labute approximate surface area is 87.2 Å². The second-order valence-electron chi connectivity index (χ2n) is 3.21. The zero-order valence-electron chi connectivity index (χ0n) is 7.98. The van der Waals surface area contributed by atoms with Gasteiger partial charge in [0, 0.05) is 5.66 Å². The fraction of sp³-hybridized carbons (Fsp3) is 0. The third kappa shape index (κ3) is 1.97. The molecule has 0 spiro atoms. The van der Waals surface area contributed by atoms with Crippen molar-refractivity contribution in [2.45, 2.75) is 0 Å². The summed E-state index contributed by atoms with van der Waals surface area (Å²) in [6.45, 7) is 0. The van der Waals surface area contributed by atoms with Crippen LogP contribution in [0.15, 0.2) is 60.7 Å². The molecule has 0 aliphatic carbocycles. The lowest BCUT2D eigenvalue weighted by molar-refractivity contribution is 1.39. The van der Waals surface area contributed by atoms with Crippen molar-refractivity contribution in [3.05, 3.63) is 77.4 Å². The highest BCUT2D eigenvalue weighted by atomic mass is 31.0. The quantitative estimate of drug-likeness (QED) is 0.515. The van der Waals surface area contributed by atoms with E-state index in [0.29, 0.717) is 0 Å². The number of benzene rings is 2. The molecule has 1 atom stereocenters. The van der Waals surface area contributed by atoms with Crippen molar-refractivity contribution in [1.82, 2.24) is 0 Å². The first-order valence-corrected chi connectivity index (χ1v) is 5.38. The topological polar surface area (TPSA) is 0 Å². The van der Waals surface area contributed by atoms with E-state index in [-0.39, 0.29) is 0 Å². The van der Waals surface area contributed by atoms with E-state index in [1.54, 1.807) is 0 Å². The van der Waals surface area contributed by atoms with Crippen LogP contribution in [-0.4, -0.2) is 0 Å². The summed E-state index contributed by atoms with van der Waals surface area (Å²) >= 11 is 0. The molecule has 0 radical (unpaired) electrons. The Morgan fingerprint density at radius 3 is 1.36 bits per heavy atom. The maximum absolute atomic E-state index is 2.15. The van der Waals surface area contributed by atoms with Crippen molar-refractivity contribution < 1.29 is 0 Å². The van der Waals surface area contributed by atoms with Gasteiger partial charge in [-0.05, 0) is 9.24 Å². The lowest BCUT2D eigenvalue weighted by Gasteiger charge is -2.13. The van der Waals surface area contributed by atoms with Gasteiger partial charge in [0.05, 0.1) is 0 Å². The minimum Gasteiger partial charge on any atom is -0.115 e. The van der Waals surface area contributed by atoms with Crippen molar-refractivity contribution in [1.29, 1.82) is 0 Å². The molecule has 2 aromatic rings. The van der Waals surface area contributed by atoms with Gasteiger partial charge in [-0.25, -0.2) is 0 Å². The summed E-state index contributed by atoms with van der Waals surface area (Å²) in [5, 5.41) is 0. The monoisotopic (exact) mass is 200 g/mol. The van der Waals surface area contributed by atoms with Crippen LogP contribution in [0, 0.1) is 5.66 Å². The van der Waals surface area contributed by atoms with Gasteiger partial charge in [0.1, 0.15) is 0 Å². The standard InChI is InChI=1S/C13H13P/c14-13(11-7-3-1-4-8-11)12-9-5-2-6-10-12/h1-10H,14H3. The molecule has 0 saturated carbocycles. The summed E-state index contributed by atoms with van der Waals surface area (Å²) < 4.78 is 0. The normalized spacial score (nSPS) is 10.0. The molecule has 0 aliphatic rings.